The Morgan fingerprint density at radius 2 is 2.20 bits per heavy atom. The van der Waals surface area contributed by atoms with Crippen molar-refractivity contribution in [1.82, 2.24) is 9.71 Å². The molecule has 0 aliphatic carbocycles. The number of pyridine rings is 1. The molecule has 5 nitrogen and oxygen atoms in total. The van der Waals surface area contributed by atoms with Crippen LogP contribution in [0, 0.1) is 0 Å². The lowest BCUT2D eigenvalue weighted by Gasteiger charge is -2.16. The molecule has 0 saturated heterocycles. The fourth-order valence-corrected chi connectivity index (χ4v) is 4.09. The first-order chi connectivity index (χ1) is 9.54. The Morgan fingerprint density at radius 1 is 1.40 bits per heavy atom. The summed E-state index contributed by atoms with van der Waals surface area (Å²) in [7, 11) is -3.83. The molecular formula is C13H16N2O3S2. The van der Waals surface area contributed by atoms with Crippen LogP contribution in [-0.4, -0.2) is 13.4 Å². The molecular weight excluding hydrogens is 296 g/mol. The van der Waals surface area contributed by atoms with E-state index >= 15 is 0 Å². The minimum absolute atomic E-state index is 0.252. The van der Waals surface area contributed by atoms with Crippen LogP contribution in [0.3, 0.4) is 0 Å². The highest BCUT2D eigenvalue weighted by molar-refractivity contribution is 7.89. The maximum Gasteiger partial charge on any atom is 0.246 e. The second kappa shape index (κ2) is 6.34. The van der Waals surface area contributed by atoms with E-state index in [-0.39, 0.29) is 10.9 Å². The molecule has 0 radical (unpaired) electrons. The SMILES string of the molecule is CCCC(NS(=O)(=O)c1c[nH]ccc1=O)c1cccs1. The Balaban J connectivity index is 2.31. The van der Waals surface area contributed by atoms with Gasteiger partial charge in [0.15, 0.2) is 0 Å². The average molecular weight is 312 g/mol. The molecule has 2 aromatic heterocycles. The predicted octanol–water partition coefficient (Wildman–Crippen LogP) is 2.26. The van der Waals surface area contributed by atoms with Gasteiger partial charge in [0.1, 0.15) is 4.90 Å². The van der Waals surface area contributed by atoms with Crippen LogP contribution in [0.25, 0.3) is 0 Å². The van der Waals surface area contributed by atoms with Crippen molar-refractivity contribution in [3.05, 3.63) is 51.1 Å². The maximum absolute atomic E-state index is 12.3. The van der Waals surface area contributed by atoms with Crippen LogP contribution in [0.4, 0.5) is 0 Å². The first kappa shape index (κ1) is 15.0. The van der Waals surface area contributed by atoms with E-state index in [1.807, 2.05) is 24.4 Å². The molecule has 2 aromatic rings. The van der Waals surface area contributed by atoms with Gasteiger partial charge in [-0.25, -0.2) is 13.1 Å². The average Bonchev–Trinajstić information content (AvgIpc) is 2.92. The third-order valence-corrected chi connectivity index (χ3v) is 5.32. The summed E-state index contributed by atoms with van der Waals surface area (Å²) >= 11 is 1.50. The molecule has 1 unspecified atom stereocenters. The van der Waals surface area contributed by atoms with Crippen LogP contribution in [-0.2, 0) is 10.0 Å². The zero-order valence-electron chi connectivity index (χ0n) is 11.0. The van der Waals surface area contributed by atoms with Crippen molar-refractivity contribution in [1.29, 1.82) is 0 Å². The molecule has 0 aliphatic heterocycles. The summed E-state index contributed by atoms with van der Waals surface area (Å²) < 4.78 is 27.2. The third-order valence-electron chi connectivity index (χ3n) is 2.84. The van der Waals surface area contributed by atoms with Crippen molar-refractivity contribution >= 4 is 21.4 Å². The molecule has 1 atom stereocenters. The number of hydrogen-bond donors (Lipinski definition) is 2. The largest absolute Gasteiger partial charge is 0.366 e. The van der Waals surface area contributed by atoms with Crippen LogP contribution < -0.4 is 10.2 Å². The smallest absolute Gasteiger partial charge is 0.246 e. The van der Waals surface area contributed by atoms with Crippen molar-refractivity contribution in [2.45, 2.75) is 30.7 Å². The van der Waals surface area contributed by atoms with Crippen molar-refractivity contribution < 1.29 is 8.42 Å². The molecule has 0 amide bonds. The van der Waals surface area contributed by atoms with Gasteiger partial charge in [0.2, 0.25) is 15.5 Å². The Kier molecular flexibility index (Phi) is 4.74. The van der Waals surface area contributed by atoms with Crippen LogP contribution in [0.15, 0.2) is 45.7 Å². The summed E-state index contributed by atoms with van der Waals surface area (Å²) in [5.74, 6) is 0. The number of sulfonamides is 1. The van der Waals surface area contributed by atoms with Crippen LogP contribution >= 0.6 is 11.3 Å². The number of aromatic nitrogens is 1. The zero-order valence-corrected chi connectivity index (χ0v) is 12.6. The Bertz CT molecular complexity index is 705. The van der Waals surface area contributed by atoms with E-state index in [1.165, 1.54) is 29.8 Å². The number of rotatable bonds is 6. The van der Waals surface area contributed by atoms with Crippen molar-refractivity contribution in [3.8, 4) is 0 Å². The predicted molar refractivity (Wildman–Crippen MR) is 79.4 cm³/mol. The molecule has 2 heterocycles. The summed E-state index contributed by atoms with van der Waals surface area (Å²) in [4.78, 5) is 15.0. The summed E-state index contributed by atoms with van der Waals surface area (Å²) in [6.45, 7) is 1.99. The molecule has 108 valence electrons. The normalized spacial score (nSPS) is 13.2. The van der Waals surface area contributed by atoms with Gasteiger partial charge in [-0.3, -0.25) is 4.79 Å². The van der Waals surface area contributed by atoms with Gasteiger partial charge in [0.25, 0.3) is 0 Å². The Labute approximate surface area is 121 Å². The van der Waals surface area contributed by atoms with Gasteiger partial charge in [-0.15, -0.1) is 11.3 Å². The van der Waals surface area contributed by atoms with Gasteiger partial charge in [-0.05, 0) is 17.9 Å². The standard InChI is InChI=1S/C13H16N2O3S2/c1-2-4-10(12-5-3-8-19-12)15-20(17,18)13-9-14-7-6-11(13)16/h3,5-10,15H,2,4H2,1H3,(H,14,16). The zero-order chi connectivity index (χ0) is 14.6. The van der Waals surface area contributed by atoms with E-state index in [0.717, 1.165) is 11.3 Å². The summed E-state index contributed by atoms with van der Waals surface area (Å²) in [6, 6.07) is 4.67. The maximum atomic E-state index is 12.3. The van der Waals surface area contributed by atoms with Crippen molar-refractivity contribution in [3.63, 3.8) is 0 Å². The number of thiophene rings is 1. The summed E-state index contributed by atoms with van der Waals surface area (Å²) in [5, 5.41) is 1.90. The molecule has 0 aromatic carbocycles. The molecule has 0 aliphatic rings. The van der Waals surface area contributed by atoms with Gasteiger partial charge < -0.3 is 4.98 Å². The topological polar surface area (TPSA) is 79.0 Å². The second-order valence-corrected chi connectivity index (χ2v) is 7.01. The van der Waals surface area contributed by atoms with E-state index in [4.69, 9.17) is 0 Å². The van der Waals surface area contributed by atoms with Gasteiger partial charge in [-0.2, -0.15) is 0 Å². The van der Waals surface area contributed by atoms with E-state index < -0.39 is 15.5 Å². The van der Waals surface area contributed by atoms with Gasteiger partial charge in [-0.1, -0.05) is 19.4 Å². The van der Waals surface area contributed by atoms with Crippen molar-refractivity contribution in [2.75, 3.05) is 0 Å². The van der Waals surface area contributed by atoms with E-state index in [2.05, 4.69) is 9.71 Å². The van der Waals surface area contributed by atoms with E-state index in [9.17, 15) is 13.2 Å². The minimum Gasteiger partial charge on any atom is -0.366 e. The highest BCUT2D eigenvalue weighted by Crippen LogP contribution is 2.24. The van der Waals surface area contributed by atoms with Crippen LogP contribution in [0.1, 0.15) is 30.7 Å². The molecule has 0 bridgehead atoms. The Hall–Kier alpha value is -1.44. The molecule has 0 spiro atoms. The molecule has 2 N–H and O–H groups in total. The van der Waals surface area contributed by atoms with Gasteiger partial charge in [0, 0.05) is 23.3 Å². The highest BCUT2D eigenvalue weighted by atomic mass is 32.2. The quantitative estimate of drug-likeness (QED) is 0.858. The number of nitrogens with one attached hydrogen (secondary N) is 2. The first-order valence-electron chi connectivity index (χ1n) is 6.27. The van der Waals surface area contributed by atoms with Crippen molar-refractivity contribution in [2.24, 2.45) is 0 Å². The molecule has 0 fully saturated rings. The fourth-order valence-electron chi connectivity index (χ4n) is 1.90. The molecule has 2 rings (SSSR count). The molecule has 7 heteroatoms. The second-order valence-electron chi connectivity index (χ2n) is 4.35. The lowest BCUT2D eigenvalue weighted by atomic mass is 10.1. The van der Waals surface area contributed by atoms with Crippen LogP contribution in [0.2, 0.25) is 0 Å². The molecule has 0 saturated carbocycles. The lowest BCUT2D eigenvalue weighted by Crippen LogP contribution is -2.31. The van der Waals surface area contributed by atoms with Crippen LogP contribution in [0.5, 0.6) is 0 Å². The molecule has 20 heavy (non-hydrogen) atoms. The number of H-pyrrole nitrogens is 1. The third kappa shape index (κ3) is 3.36. The highest BCUT2D eigenvalue weighted by Gasteiger charge is 2.23. The first-order valence-corrected chi connectivity index (χ1v) is 8.63. The fraction of sp³-hybridized carbons (Fsp3) is 0.308. The van der Waals surface area contributed by atoms with Gasteiger partial charge >= 0.3 is 0 Å². The van der Waals surface area contributed by atoms with E-state index in [0.29, 0.717) is 6.42 Å². The Morgan fingerprint density at radius 3 is 2.80 bits per heavy atom. The summed E-state index contributed by atoms with van der Waals surface area (Å²) in [5.41, 5.74) is -0.516. The van der Waals surface area contributed by atoms with Gasteiger partial charge in [0.05, 0.1) is 6.04 Å². The van der Waals surface area contributed by atoms with E-state index in [1.54, 1.807) is 0 Å². The monoisotopic (exact) mass is 312 g/mol. The lowest BCUT2D eigenvalue weighted by molar-refractivity contribution is 0.539. The number of hydrogen-bond acceptors (Lipinski definition) is 4. The minimum atomic E-state index is -3.83. The summed E-state index contributed by atoms with van der Waals surface area (Å²) in [6.07, 6.45) is 4.15. The number of aromatic amines is 1.